The highest BCUT2D eigenvalue weighted by Crippen LogP contribution is 2.42. The van der Waals surface area contributed by atoms with Crippen LogP contribution in [0.1, 0.15) is 0 Å². The molecule has 0 aliphatic carbocycles. The number of phenols is 1. The molecule has 0 amide bonds. The number of aromatic nitrogens is 1. The molecule has 0 atom stereocenters. The van der Waals surface area contributed by atoms with E-state index in [1.54, 1.807) is 18.2 Å². The first-order valence-corrected chi connectivity index (χ1v) is 6.48. The van der Waals surface area contributed by atoms with Crippen molar-refractivity contribution in [2.45, 2.75) is 0 Å². The molecule has 6 heteroatoms. The minimum absolute atomic E-state index is 0.134. The quantitative estimate of drug-likeness (QED) is 0.694. The van der Waals surface area contributed by atoms with E-state index in [4.69, 9.17) is 16.1 Å². The fraction of sp³-hybridized carbons (Fsp3) is 0. The Morgan fingerprint density at radius 2 is 2.05 bits per heavy atom. The van der Waals surface area contributed by atoms with Crippen LogP contribution in [-0.4, -0.2) is 10.3 Å². The van der Waals surface area contributed by atoms with Gasteiger partial charge in [-0.15, -0.1) is 0 Å². The minimum Gasteiger partial charge on any atom is -0.505 e. The van der Waals surface area contributed by atoms with Crippen molar-refractivity contribution >= 4 is 38.5 Å². The number of phenolic OH excluding ortho intramolecular Hbond substituents is 1. The maximum absolute atomic E-state index is 13.8. The van der Waals surface area contributed by atoms with Crippen molar-refractivity contribution in [1.82, 2.24) is 5.16 Å². The van der Waals surface area contributed by atoms with Crippen LogP contribution in [0.4, 0.5) is 4.39 Å². The summed E-state index contributed by atoms with van der Waals surface area (Å²) in [6.07, 6.45) is 0. The molecule has 19 heavy (non-hydrogen) atoms. The van der Waals surface area contributed by atoms with Crippen molar-refractivity contribution < 1.29 is 14.0 Å². The second-order valence-corrected chi connectivity index (χ2v) is 5.11. The standard InChI is InChI=1S/C13H6BrClFNO2/c14-10-12(18)8(15)5-7-11(17-19-13(7)10)6-3-1-2-4-9(6)16/h1-5,18H. The summed E-state index contributed by atoms with van der Waals surface area (Å²) in [5.74, 6) is -0.538. The average molecular weight is 343 g/mol. The molecule has 3 aromatic rings. The second-order valence-electron chi connectivity index (χ2n) is 3.91. The lowest BCUT2D eigenvalue weighted by Crippen LogP contribution is -1.84. The molecule has 1 N–H and O–H groups in total. The molecular weight excluding hydrogens is 337 g/mol. The van der Waals surface area contributed by atoms with Crippen molar-refractivity contribution in [1.29, 1.82) is 0 Å². The van der Waals surface area contributed by atoms with Crippen molar-refractivity contribution in [3.63, 3.8) is 0 Å². The third kappa shape index (κ3) is 1.89. The molecule has 0 saturated carbocycles. The average Bonchev–Trinajstić information content (AvgIpc) is 2.80. The molecule has 3 nitrogen and oxygen atoms in total. The van der Waals surface area contributed by atoms with Gasteiger partial charge < -0.3 is 9.63 Å². The van der Waals surface area contributed by atoms with Gasteiger partial charge in [-0.3, -0.25) is 0 Å². The molecule has 1 aromatic heterocycles. The number of rotatable bonds is 1. The topological polar surface area (TPSA) is 46.3 Å². The van der Waals surface area contributed by atoms with E-state index in [1.165, 1.54) is 12.1 Å². The third-order valence-corrected chi connectivity index (χ3v) is 3.79. The van der Waals surface area contributed by atoms with Crippen LogP contribution in [0.3, 0.4) is 0 Å². The molecule has 0 aliphatic rings. The smallest absolute Gasteiger partial charge is 0.185 e. The number of fused-ring (bicyclic) bond motifs is 1. The third-order valence-electron chi connectivity index (χ3n) is 2.76. The van der Waals surface area contributed by atoms with Crippen molar-refractivity contribution in [2.24, 2.45) is 0 Å². The maximum Gasteiger partial charge on any atom is 0.185 e. The van der Waals surface area contributed by atoms with Crippen molar-refractivity contribution in [3.05, 3.63) is 45.6 Å². The second kappa shape index (κ2) is 4.51. The predicted molar refractivity (Wildman–Crippen MR) is 73.8 cm³/mol. The first-order valence-electron chi connectivity index (χ1n) is 5.31. The molecule has 0 radical (unpaired) electrons. The van der Waals surface area contributed by atoms with Crippen LogP contribution in [0.15, 0.2) is 39.3 Å². The number of hydrogen-bond donors (Lipinski definition) is 1. The van der Waals surface area contributed by atoms with E-state index in [1.807, 2.05) is 0 Å². The molecule has 0 saturated heterocycles. The number of aromatic hydroxyl groups is 1. The molecule has 0 fully saturated rings. The molecule has 0 spiro atoms. The number of benzene rings is 2. The van der Waals surface area contributed by atoms with Gasteiger partial charge in [-0.25, -0.2) is 4.39 Å². The van der Waals surface area contributed by atoms with Crippen LogP contribution in [0.5, 0.6) is 5.75 Å². The van der Waals surface area contributed by atoms with E-state index in [2.05, 4.69) is 21.1 Å². The number of nitrogens with zero attached hydrogens (tertiary/aromatic N) is 1. The zero-order chi connectivity index (χ0) is 13.6. The number of halogens is 3. The Kier molecular flexibility index (Phi) is 2.95. The Labute approximate surface area is 120 Å². The normalized spacial score (nSPS) is 11.1. The Balaban J connectivity index is 2.36. The minimum atomic E-state index is -0.405. The van der Waals surface area contributed by atoms with E-state index in [-0.39, 0.29) is 10.8 Å². The highest BCUT2D eigenvalue weighted by molar-refractivity contribution is 9.10. The van der Waals surface area contributed by atoms with E-state index in [9.17, 15) is 9.50 Å². The highest BCUT2D eigenvalue weighted by atomic mass is 79.9. The zero-order valence-corrected chi connectivity index (χ0v) is 11.7. The lowest BCUT2D eigenvalue weighted by molar-refractivity contribution is 0.447. The molecule has 0 unspecified atom stereocenters. The largest absolute Gasteiger partial charge is 0.505 e. The van der Waals surface area contributed by atoms with Crippen LogP contribution in [0.2, 0.25) is 5.02 Å². The predicted octanol–water partition coefficient (Wildman–Crippen LogP) is 4.76. The molecule has 0 bridgehead atoms. The summed E-state index contributed by atoms with van der Waals surface area (Å²) >= 11 is 9.08. The molecule has 2 aromatic carbocycles. The summed E-state index contributed by atoms with van der Waals surface area (Å²) in [6, 6.07) is 7.73. The van der Waals surface area contributed by atoms with Gasteiger partial charge in [0.1, 0.15) is 16.0 Å². The highest BCUT2D eigenvalue weighted by Gasteiger charge is 2.19. The summed E-state index contributed by atoms with van der Waals surface area (Å²) in [6.45, 7) is 0. The van der Waals surface area contributed by atoms with Gasteiger partial charge in [0.25, 0.3) is 0 Å². The molecule has 1 heterocycles. The summed E-state index contributed by atoms with van der Waals surface area (Å²) in [5, 5.41) is 14.2. The maximum atomic E-state index is 13.8. The van der Waals surface area contributed by atoms with Gasteiger partial charge in [-0.1, -0.05) is 28.9 Å². The fourth-order valence-corrected chi connectivity index (χ4v) is 2.66. The van der Waals surface area contributed by atoms with Gasteiger partial charge in [0.05, 0.1) is 10.4 Å². The first-order chi connectivity index (χ1) is 9.09. The van der Waals surface area contributed by atoms with Gasteiger partial charge in [0.15, 0.2) is 11.3 Å². The van der Waals surface area contributed by atoms with Crippen LogP contribution in [0.25, 0.3) is 22.2 Å². The van der Waals surface area contributed by atoms with E-state index >= 15 is 0 Å². The molecule has 96 valence electrons. The SMILES string of the molecule is Oc1c(Cl)cc2c(-c3ccccc3F)noc2c1Br. The molecule has 3 rings (SSSR count). The Morgan fingerprint density at radius 3 is 2.79 bits per heavy atom. The van der Waals surface area contributed by atoms with Gasteiger partial charge in [0.2, 0.25) is 0 Å². The Hall–Kier alpha value is -1.59. The van der Waals surface area contributed by atoms with E-state index < -0.39 is 5.82 Å². The zero-order valence-electron chi connectivity index (χ0n) is 9.32. The molecule has 0 aliphatic heterocycles. The van der Waals surface area contributed by atoms with Crippen LogP contribution >= 0.6 is 27.5 Å². The molecular formula is C13H6BrClFNO2. The fourth-order valence-electron chi connectivity index (χ4n) is 1.84. The van der Waals surface area contributed by atoms with Gasteiger partial charge in [0, 0.05) is 5.56 Å². The van der Waals surface area contributed by atoms with Crippen LogP contribution in [0, 0.1) is 5.82 Å². The number of hydrogen-bond acceptors (Lipinski definition) is 3. The van der Waals surface area contributed by atoms with Gasteiger partial charge in [-0.2, -0.15) is 0 Å². The van der Waals surface area contributed by atoms with Crippen LogP contribution in [-0.2, 0) is 0 Å². The van der Waals surface area contributed by atoms with E-state index in [0.717, 1.165) is 0 Å². The van der Waals surface area contributed by atoms with Crippen molar-refractivity contribution in [3.8, 4) is 17.0 Å². The Morgan fingerprint density at radius 1 is 1.32 bits per heavy atom. The summed E-state index contributed by atoms with van der Waals surface area (Å²) in [5.41, 5.74) is 0.978. The summed E-state index contributed by atoms with van der Waals surface area (Å²) < 4.78 is 19.2. The summed E-state index contributed by atoms with van der Waals surface area (Å²) in [7, 11) is 0. The first kappa shape index (κ1) is 12.4. The Bertz CT molecular complexity index is 788. The monoisotopic (exact) mass is 341 g/mol. The summed E-state index contributed by atoms with van der Waals surface area (Å²) in [4.78, 5) is 0. The lowest BCUT2D eigenvalue weighted by Gasteiger charge is -2.01. The van der Waals surface area contributed by atoms with Crippen molar-refractivity contribution in [2.75, 3.05) is 0 Å². The van der Waals surface area contributed by atoms with Gasteiger partial charge in [-0.05, 0) is 34.1 Å². The van der Waals surface area contributed by atoms with E-state index in [0.29, 0.717) is 26.7 Å². The van der Waals surface area contributed by atoms with Gasteiger partial charge >= 0.3 is 0 Å². The van der Waals surface area contributed by atoms with Crippen LogP contribution < -0.4 is 0 Å². The lowest BCUT2D eigenvalue weighted by atomic mass is 10.1.